The summed E-state index contributed by atoms with van der Waals surface area (Å²) in [6, 6.07) is 3.40. The second kappa shape index (κ2) is 5.82. The van der Waals surface area contributed by atoms with E-state index in [9.17, 15) is 14.6 Å². The number of unbranched alkanes of at least 4 members (excludes halogenated alkanes) is 1. The summed E-state index contributed by atoms with van der Waals surface area (Å²) in [5.74, 6) is -1.18. The number of halogens is 1. The first-order valence-electron chi connectivity index (χ1n) is 5.49. The Bertz CT molecular complexity index is 344. The molecule has 2 atom stereocenters. The van der Waals surface area contributed by atoms with E-state index in [1.807, 2.05) is 6.92 Å². The van der Waals surface area contributed by atoms with Crippen LogP contribution in [0.25, 0.3) is 0 Å². The quantitative estimate of drug-likeness (QED) is 0.721. The average molecular weight is 227 g/mol. The van der Waals surface area contributed by atoms with Gasteiger partial charge >= 0.3 is 0 Å². The summed E-state index contributed by atoms with van der Waals surface area (Å²) in [5.41, 5.74) is 6.03. The highest BCUT2D eigenvalue weighted by Gasteiger charge is 2.20. The first kappa shape index (κ1) is 12.9. The summed E-state index contributed by atoms with van der Waals surface area (Å²) in [6.07, 6.45) is 1.60. The number of rotatable bonds is 5. The van der Waals surface area contributed by atoms with Crippen molar-refractivity contribution in [3.63, 3.8) is 0 Å². The number of phenolic OH excluding ortho intramolecular Hbond substituents is 1. The molecule has 0 aliphatic rings. The molecule has 4 heteroatoms. The Morgan fingerprint density at radius 2 is 2.12 bits per heavy atom. The smallest absolute Gasteiger partial charge is 0.165 e. The van der Waals surface area contributed by atoms with Crippen molar-refractivity contribution in [3.05, 3.63) is 29.6 Å². The third-order valence-electron chi connectivity index (χ3n) is 2.65. The SMILES string of the molecule is CCCC[C@H](O)[C@H](N)c1cccc(F)c1O. The molecule has 0 saturated heterocycles. The van der Waals surface area contributed by atoms with Crippen molar-refractivity contribution >= 4 is 0 Å². The van der Waals surface area contributed by atoms with Gasteiger partial charge in [0.1, 0.15) is 0 Å². The molecule has 1 aromatic carbocycles. The summed E-state index contributed by atoms with van der Waals surface area (Å²) in [4.78, 5) is 0. The molecule has 3 nitrogen and oxygen atoms in total. The maximum Gasteiger partial charge on any atom is 0.165 e. The van der Waals surface area contributed by atoms with Gasteiger partial charge in [0.15, 0.2) is 11.6 Å². The maximum atomic E-state index is 13.1. The maximum absolute atomic E-state index is 13.1. The molecule has 1 aromatic rings. The van der Waals surface area contributed by atoms with Crippen molar-refractivity contribution in [1.82, 2.24) is 0 Å². The van der Waals surface area contributed by atoms with Crippen LogP contribution in [0.4, 0.5) is 4.39 Å². The Balaban J connectivity index is 2.79. The summed E-state index contributed by atoms with van der Waals surface area (Å²) in [5, 5.41) is 19.2. The number of hydrogen-bond acceptors (Lipinski definition) is 3. The predicted octanol–water partition coefficient (Wildman–Crippen LogP) is 2.08. The van der Waals surface area contributed by atoms with Crippen LogP contribution in [0.1, 0.15) is 37.8 Å². The Morgan fingerprint density at radius 3 is 2.75 bits per heavy atom. The molecule has 0 aliphatic carbocycles. The molecule has 0 aromatic heterocycles. The third kappa shape index (κ3) is 2.93. The van der Waals surface area contributed by atoms with Crippen molar-refractivity contribution in [2.45, 2.75) is 38.3 Å². The fourth-order valence-electron chi connectivity index (χ4n) is 1.60. The van der Waals surface area contributed by atoms with E-state index in [0.29, 0.717) is 6.42 Å². The van der Waals surface area contributed by atoms with E-state index in [1.54, 1.807) is 0 Å². The van der Waals surface area contributed by atoms with Gasteiger partial charge in [0.25, 0.3) is 0 Å². The highest BCUT2D eigenvalue weighted by Crippen LogP contribution is 2.28. The molecule has 0 aliphatic heterocycles. The van der Waals surface area contributed by atoms with Gasteiger partial charge in [-0.25, -0.2) is 4.39 Å². The van der Waals surface area contributed by atoms with Gasteiger partial charge in [-0.15, -0.1) is 0 Å². The molecule has 0 fully saturated rings. The van der Waals surface area contributed by atoms with E-state index in [1.165, 1.54) is 12.1 Å². The minimum absolute atomic E-state index is 0.253. The largest absolute Gasteiger partial charge is 0.505 e. The normalized spacial score (nSPS) is 14.8. The second-order valence-corrected chi connectivity index (χ2v) is 3.91. The summed E-state index contributed by atoms with van der Waals surface area (Å²) in [7, 11) is 0. The third-order valence-corrected chi connectivity index (χ3v) is 2.65. The van der Waals surface area contributed by atoms with E-state index in [-0.39, 0.29) is 5.56 Å². The molecule has 0 spiro atoms. The van der Waals surface area contributed by atoms with Gasteiger partial charge in [-0.1, -0.05) is 31.9 Å². The molecule has 16 heavy (non-hydrogen) atoms. The van der Waals surface area contributed by atoms with Crippen LogP contribution in [0.5, 0.6) is 5.75 Å². The van der Waals surface area contributed by atoms with E-state index in [4.69, 9.17) is 5.73 Å². The van der Waals surface area contributed by atoms with Gasteiger partial charge in [-0.3, -0.25) is 0 Å². The van der Waals surface area contributed by atoms with Crippen molar-refractivity contribution in [1.29, 1.82) is 0 Å². The van der Waals surface area contributed by atoms with Crippen LogP contribution in [-0.4, -0.2) is 16.3 Å². The first-order valence-corrected chi connectivity index (χ1v) is 5.49. The van der Waals surface area contributed by atoms with Crippen LogP contribution in [-0.2, 0) is 0 Å². The standard InChI is InChI=1S/C12H18FNO2/c1-2-3-7-10(15)11(14)8-5-4-6-9(13)12(8)16/h4-6,10-11,15-16H,2-3,7,14H2,1H3/t10-,11+/m0/s1. The Labute approximate surface area is 94.7 Å². The highest BCUT2D eigenvalue weighted by atomic mass is 19.1. The van der Waals surface area contributed by atoms with Crippen molar-refractivity contribution in [2.24, 2.45) is 5.73 Å². The highest BCUT2D eigenvalue weighted by molar-refractivity contribution is 5.36. The summed E-state index contributed by atoms with van der Waals surface area (Å²) in [6.45, 7) is 2.01. The first-order chi connectivity index (χ1) is 7.57. The molecule has 0 bridgehead atoms. The molecule has 4 N–H and O–H groups in total. The lowest BCUT2D eigenvalue weighted by molar-refractivity contribution is 0.131. The monoisotopic (exact) mass is 227 g/mol. The molecule has 0 unspecified atom stereocenters. The minimum atomic E-state index is -0.757. The van der Waals surface area contributed by atoms with Gasteiger partial charge in [0.05, 0.1) is 12.1 Å². The second-order valence-electron chi connectivity index (χ2n) is 3.91. The van der Waals surface area contributed by atoms with Crippen LogP contribution < -0.4 is 5.73 Å². The van der Waals surface area contributed by atoms with Crippen molar-refractivity contribution in [3.8, 4) is 5.75 Å². The number of hydrogen-bond donors (Lipinski definition) is 3. The molecular weight excluding hydrogens is 209 g/mol. The number of aliphatic hydroxyl groups excluding tert-OH is 1. The van der Waals surface area contributed by atoms with E-state index < -0.39 is 23.7 Å². The summed E-state index contributed by atoms with van der Waals surface area (Å²) >= 11 is 0. The predicted molar refractivity (Wildman–Crippen MR) is 60.5 cm³/mol. The van der Waals surface area contributed by atoms with Crippen LogP contribution in [0.15, 0.2) is 18.2 Å². The molecule has 90 valence electrons. The van der Waals surface area contributed by atoms with Gasteiger partial charge < -0.3 is 15.9 Å². The minimum Gasteiger partial charge on any atom is -0.505 e. The number of aromatic hydroxyl groups is 1. The van der Waals surface area contributed by atoms with E-state index in [0.717, 1.165) is 18.9 Å². The lowest BCUT2D eigenvalue weighted by Gasteiger charge is -2.20. The average Bonchev–Trinajstić information content (AvgIpc) is 2.28. The number of phenols is 1. The van der Waals surface area contributed by atoms with Gasteiger partial charge in [0.2, 0.25) is 0 Å². The van der Waals surface area contributed by atoms with Crippen LogP contribution in [0.3, 0.4) is 0 Å². The molecule has 1 rings (SSSR count). The van der Waals surface area contributed by atoms with E-state index >= 15 is 0 Å². The van der Waals surface area contributed by atoms with Gasteiger partial charge in [-0.2, -0.15) is 0 Å². The number of benzene rings is 1. The van der Waals surface area contributed by atoms with Crippen LogP contribution >= 0.6 is 0 Å². The Kier molecular flexibility index (Phi) is 4.71. The zero-order chi connectivity index (χ0) is 12.1. The Morgan fingerprint density at radius 1 is 1.44 bits per heavy atom. The van der Waals surface area contributed by atoms with Crippen LogP contribution in [0.2, 0.25) is 0 Å². The van der Waals surface area contributed by atoms with Crippen molar-refractivity contribution < 1.29 is 14.6 Å². The molecular formula is C12H18FNO2. The zero-order valence-corrected chi connectivity index (χ0v) is 9.36. The fourth-order valence-corrected chi connectivity index (χ4v) is 1.60. The molecule has 0 radical (unpaired) electrons. The molecule has 0 amide bonds. The van der Waals surface area contributed by atoms with Crippen molar-refractivity contribution in [2.75, 3.05) is 0 Å². The van der Waals surface area contributed by atoms with Gasteiger partial charge in [0, 0.05) is 5.56 Å². The zero-order valence-electron chi connectivity index (χ0n) is 9.36. The van der Waals surface area contributed by atoms with E-state index in [2.05, 4.69) is 0 Å². The van der Waals surface area contributed by atoms with Crippen LogP contribution in [0, 0.1) is 5.82 Å². The number of nitrogens with two attached hydrogens (primary N) is 1. The number of para-hydroxylation sites is 1. The lowest BCUT2D eigenvalue weighted by Crippen LogP contribution is -2.26. The molecule has 0 heterocycles. The lowest BCUT2D eigenvalue weighted by atomic mass is 9.97. The fraction of sp³-hybridized carbons (Fsp3) is 0.500. The number of aliphatic hydroxyl groups is 1. The topological polar surface area (TPSA) is 66.5 Å². The molecule has 0 saturated carbocycles. The van der Waals surface area contributed by atoms with Gasteiger partial charge in [-0.05, 0) is 12.5 Å². The Hall–Kier alpha value is -1.13. The summed E-state index contributed by atoms with van der Waals surface area (Å²) < 4.78 is 13.1.